The number of nitrogens with one attached hydrogen (secondary N) is 1. The van der Waals surface area contributed by atoms with Crippen molar-refractivity contribution in [3.05, 3.63) is 30.1 Å². The lowest BCUT2D eigenvalue weighted by atomic mass is 10.1. The van der Waals surface area contributed by atoms with Crippen LogP contribution in [0.1, 0.15) is 38.5 Å². The first kappa shape index (κ1) is 15.6. The molecule has 21 heavy (non-hydrogen) atoms. The Kier molecular flexibility index (Phi) is 6.31. The summed E-state index contributed by atoms with van der Waals surface area (Å²) >= 11 is 0. The fourth-order valence-electron chi connectivity index (χ4n) is 2.56. The van der Waals surface area contributed by atoms with Gasteiger partial charge >= 0.3 is 0 Å². The number of hydrogen-bond donors (Lipinski definition) is 2. The van der Waals surface area contributed by atoms with E-state index in [0.29, 0.717) is 30.9 Å². The Morgan fingerprint density at radius 2 is 2.05 bits per heavy atom. The minimum absolute atomic E-state index is 0.300. The number of aliphatic imine (C=N–C) groups is 1. The summed E-state index contributed by atoms with van der Waals surface area (Å²) in [6, 6.07) is 6.53. The standard InChI is InChI=1S/C16H24FN3O/c17-13-6-5-9-15(12-13)21-11-10-19-16(18)20-14-7-3-1-2-4-8-14/h5-6,9,12,14H,1-4,7-8,10-11H2,(H3,18,19,20). The molecule has 0 heterocycles. The van der Waals surface area contributed by atoms with Crippen molar-refractivity contribution < 1.29 is 9.13 Å². The normalized spacial score (nSPS) is 17.3. The molecule has 0 amide bonds. The van der Waals surface area contributed by atoms with Crippen molar-refractivity contribution in [2.45, 2.75) is 44.6 Å². The van der Waals surface area contributed by atoms with E-state index in [1.165, 1.54) is 37.8 Å². The molecule has 1 aliphatic rings. The van der Waals surface area contributed by atoms with Crippen molar-refractivity contribution in [1.29, 1.82) is 0 Å². The van der Waals surface area contributed by atoms with Gasteiger partial charge in [-0.05, 0) is 25.0 Å². The highest BCUT2D eigenvalue weighted by Gasteiger charge is 2.11. The average Bonchev–Trinajstić information content (AvgIpc) is 2.72. The molecule has 0 aromatic heterocycles. The van der Waals surface area contributed by atoms with Gasteiger partial charge in [0.1, 0.15) is 18.2 Å². The molecule has 0 aliphatic heterocycles. The van der Waals surface area contributed by atoms with Gasteiger partial charge in [-0.3, -0.25) is 0 Å². The number of nitrogens with two attached hydrogens (primary N) is 1. The number of ether oxygens (including phenoxy) is 1. The first-order valence-electron chi connectivity index (χ1n) is 7.69. The Labute approximate surface area is 125 Å². The third-order valence-corrected chi connectivity index (χ3v) is 3.65. The molecular weight excluding hydrogens is 269 g/mol. The van der Waals surface area contributed by atoms with Crippen LogP contribution in [-0.4, -0.2) is 25.2 Å². The lowest BCUT2D eigenvalue weighted by Gasteiger charge is -2.16. The van der Waals surface area contributed by atoms with Crippen molar-refractivity contribution in [2.75, 3.05) is 13.2 Å². The van der Waals surface area contributed by atoms with E-state index in [-0.39, 0.29) is 5.82 Å². The van der Waals surface area contributed by atoms with Crippen molar-refractivity contribution >= 4 is 5.96 Å². The van der Waals surface area contributed by atoms with Crippen molar-refractivity contribution in [1.82, 2.24) is 5.32 Å². The summed E-state index contributed by atoms with van der Waals surface area (Å²) in [5.41, 5.74) is 5.88. The first-order chi connectivity index (χ1) is 10.2. The van der Waals surface area contributed by atoms with E-state index >= 15 is 0 Å². The maximum Gasteiger partial charge on any atom is 0.188 e. The molecular formula is C16H24FN3O. The third-order valence-electron chi connectivity index (χ3n) is 3.65. The molecule has 0 spiro atoms. The van der Waals surface area contributed by atoms with Crippen molar-refractivity contribution in [3.63, 3.8) is 0 Å². The van der Waals surface area contributed by atoms with Crippen LogP contribution in [0.3, 0.4) is 0 Å². The molecule has 1 aromatic rings. The third kappa shape index (κ3) is 6.02. The summed E-state index contributed by atoms with van der Waals surface area (Å²) in [4.78, 5) is 4.25. The van der Waals surface area contributed by atoms with Crippen LogP contribution in [0.2, 0.25) is 0 Å². The summed E-state index contributed by atoms with van der Waals surface area (Å²) < 4.78 is 18.4. The SMILES string of the molecule is NC(=NCCOc1cccc(F)c1)NC1CCCCCC1. The highest BCUT2D eigenvalue weighted by Crippen LogP contribution is 2.17. The minimum atomic E-state index is -0.300. The van der Waals surface area contributed by atoms with E-state index in [0.717, 1.165) is 12.8 Å². The maximum absolute atomic E-state index is 13.0. The number of hydrogen-bond acceptors (Lipinski definition) is 2. The van der Waals surface area contributed by atoms with E-state index < -0.39 is 0 Å². The van der Waals surface area contributed by atoms with Crippen molar-refractivity contribution in [2.24, 2.45) is 10.7 Å². The molecule has 0 saturated heterocycles. The second-order valence-electron chi connectivity index (χ2n) is 5.41. The molecule has 0 atom stereocenters. The van der Waals surface area contributed by atoms with Gasteiger partial charge in [0.2, 0.25) is 0 Å². The maximum atomic E-state index is 13.0. The average molecular weight is 293 g/mol. The van der Waals surface area contributed by atoms with Crippen LogP contribution in [0.25, 0.3) is 0 Å². The van der Waals surface area contributed by atoms with Crippen LogP contribution in [0.15, 0.2) is 29.3 Å². The monoisotopic (exact) mass is 293 g/mol. The molecule has 2 rings (SSSR count). The van der Waals surface area contributed by atoms with Crippen LogP contribution in [0.5, 0.6) is 5.75 Å². The summed E-state index contributed by atoms with van der Waals surface area (Å²) in [7, 11) is 0. The Morgan fingerprint density at radius 1 is 1.29 bits per heavy atom. The Morgan fingerprint density at radius 3 is 2.76 bits per heavy atom. The molecule has 116 valence electrons. The zero-order chi connectivity index (χ0) is 14.9. The zero-order valence-corrected chi connectivity index (χ0v) is 12.4. The first-order valence-corrected chi connectivity index (χ1v) is 7.69. The largest absolute Gasteiger partial charge is 0.492 e. The lowest BCUT2D eigenvalue weighted by Crippen LogP contribution is -2.40. The van der Waals surface area contributed by atoms with Gasteiger partial charge in [-0.1, -0.05) is 31.7 Å². The molecule has 1 saturated carbocycles. The van der Waals surface area contributed by atoms with E-state index in [4.69, 9.17) is 10.5 Å². The van der Waals surface area contributed by atoms with E-state index in [9.17, 15) is 4.39 Å². The van der Waals surface area contributed by atoms with Gasteiger partial charge in [0.05, 0.1) is 6.54 Å². The number of nitrogens with zero attached hydrogens (tertiary/aromatic N) is 1. The summed E-state index contributed by atoms with van der Waals surface area (Å²) in [5.74, 6) is 0.691. The van der Waals surface area contributed by atoms with Gasteiger partial charge in [-0.15, -0.1) is 0 Å². The van der Waals surface area contributed by atoms with Crippen LogP contribution in [-0.2, 0) is 0 Å². The highest BCUT2D eigenvalue weighted by atomic mass is 19.1. The highest BCUT2D eigenvalue weighted by molar-refractivity contribution is 5.78. The van der Waals surface area contributed by atoms with Gasteiger partial charge in [-0.2, -0.15) is 0 Å². The second-order valence-corrected chi connectivity index (χ2v) is 5.41. The molecule has 0 unspecified atom stereocenters. The molecule has 0 radical (unpaired) electrons. The minimum Gasteiger partial charge on any atom is -0.492 e. The van der Waals surface area contributed by atoms with Crippen LogP contribution in [0.4, 0.5) is 4.39 Å². The molecule has 1 aliphatic carbocycles. The Balaban J connectivity index is 1.68. The fourth-order valence-corrected chi connectivity index (χ4v) is 2.56. The second kappa shape index (κ2) is 8.49. The number of halogens is 1. The number of benzene rings is 1. The van der Waals surface area contributed by atoms with Crippen LogP contribution in [0, 0.1) is 5.82 Å². The summed E-state index contributed by atoms with van der Waals surface area (Å²) in [6.07, 6.45) is 7.47. The Hall–Kier alpha value is -1.78. The van der Waals surface area contributed by atoms with Gasteiger partial charge in [0.25, 0.3) is 0 Å². The summed E-state index contributed by atoms with van der Waals surface area (Å²) in [5, 5.41) is 3.28. The topological polar surface area (TPSA) is 59.6 Å². The van der Waals surface area contributed by atoms with Crippen LogP contribution < -0.4 is 15.8 Å². The smallest absolute Gasteiger partial charge is 0.188 e. The van der Waals surface area contributed by atoms with Gasteiger partial charge in [0, 0.05) is 12.1 Å². The van der Waals surface area contributed by atoms with Crippen molar-refractivity contribution in [3.8, 4) is 5.75 Å². The van der Waals surface area contributed by atoms with E-state index in [2.05, 4.69) is 10.3 Å². The number of guanidine groups is 1. The molecule has 1 fully saturated rings. The van der Waals surface area contributed by atoms with E-state index in [1.54, 1.807) is 12.1 Å². The van der Waals surface area contributed by atoms with Gasteiger partial charge < -0.3 is 15.8 Å². The Bertz CT molecular complexity index is 457. The number of rotatable bonds is 5. The molecule has 3 N–H and O–H groups in total. The summed E-state index contributed by atoms with van der Waals surface area (Å²) in [6.45, 7) is 0.846. The zero-order valence-electron chi connectivity index (χ0n) is 12.4. The van der Waals surface area contributed by atoms with Crippen LogP contribution >= 0.6 is 0 Å². The molecule has 5 heteroatoms. The predicted octanol–water partition coefficient (Wildman–Crippen LogP) is 2.83. The quantitative estimate of drug-likeness (QED) is 0.380. The molecule has 4 nitrogen and oxygen atoms in total. The van der Waals surface area contributed by atoms with E-state index in [1.807, 2.05) is 0 Å². The lowest BCUT2D eigenvalue weighted by molar-refractivity contribution is 0.326. The van der Waals surface area contributed by atoms with Gasteiger partial charge in [0.15, 0.2) is 5.96 Å². The molecule has 0 bridgehead atoms. The molecule has 1 aromatic carbocycles. The van der Waals surface area contributed by atoms with Gasteiger partial charge in [-0.25, -0.2) is 9.38 Å². The predicted molar refractivity (Wildman–Crippen MR) is 83.0 cm³/mol. The fraction of sp³-hybridized carbons (Fsp3) is 0.562.